The van der Waals surface area contributed by atoms with Crippen LogP contribution in [-0.2, 0) is 6.54 Å². The van der Waals surface area contributed by atoms with Crippen LogP contribution in [0.3, 0.4) is 0 Å². The van der Waals surface area contributed by atoms with Crippen LogP contribution in [0.15, 0.2) is 36.4 Å². The molecule has 3 N–H and O–H groups in total. The van der Waals surface area contributed by atoms with E-state index in [0.29, 0.717) is 18.0 Å². The number of carbonyl (C=O) groups is 1. The lowest BCUT2D eigenvalue weighted by Gasteiger charge is -2.09. The van der Waals surface area contributed by atoms with Crippen LogP contribution in [0.1, 0.15) is 15.9 Å². The standard InChI is InChI=1S/C15H13FN2O3/c16-12-3-2-10(6-11(12)15(17)19)18-7-9-1-4-13-14(5-9)21-8-20-13/h1-6,18H,7-8H2,(H2,17,19). The summed E-state index contributed by atoms with van der Waals surface area (Å²) in [6, 6.07) is 9.76. The molecule has 0 fully saturated rings. The number of fused-ring (bicyclic) bond motifs is 1. The summed E-state index contributed by atoms with van der Waals surface area (Å²) in [6.45, 7) is 0.729. The highest BCUT2D eigenvalue weighted by Gasteiger charge is 2.13. The molecule has 2 aromatic rings. The summed E-state index contributed by atoms with van der Waals surface area (Å²) in [7, 11) is 0. The van der Waals surface area contributed by atoms with Gasteiger partial charge in [0.1, 0.15) is 5.82 Å². The Morgan fingerprint density at radius 1 is 1.19 bits per heavy atom. The molecule has 108 valence electrons. The predicted octanol–water partition coefficient (Wildman–Crippen LogP) is 2.27. The van der Waals surface area contributed by atoms with Crippen molar-refractivity contribution >= 4 is 11.6 Å². The number of benzene rings is 2. The van der Waals surface area contributed by atoms with Crippen LogP contribution in [0.25, 0.3) is 0 Å². The fourth-order valence-electron chi connectivity index (χ4n) is 2.08. The zero-order valence-electron chi connectivity index (χ0n) is 11.1. The van der Waals surface area contributed by atoms with Crippen molar-refractivity contribution in [2.45, 2.75) is 6.54 Å². The van der Waals surface area contributed by atoms with E-state index in [0.717, 1.165) is 11.3 Å². The van der Waals surface area contributed by atoms with E-state index in [4.69, 9.17) is 15.2 Å². The Hall–Kier alpha value is -2.76. The van der Waals surface area contributed by atoms with Crippen molar-refractivity contribution in [1.29, 1.82) is 0 Å². The lowest BCUT2D eigenvalue weighted by Crippen LogP contribution is -2.13. The molecule has 0 aromatic heterocycles. The summed E-state index contributed by atoms with van der Waals surface area (Å²) >= 11 is 0. The Morgan fingerprint density at radius 3 is 2.81 bits per heavy atom. The summed E-state index contributed by atoms with van der Waals surface area (Å²) in [4.78, 5) is 11.1. The van der Waals surface area contributed by atoms with Crippen molar-refractivity contribution in [2.24, 2.45) is 5.73 Å². The van der Waals surface area contributed by atoms with Crippen LogP contribution >= 0.6 is 0 Å². The van der Waals surface area contributed by atoms with Crippen LogP contribution < -0.4 is 20.5 Å². The number of carbonyl (C=O) groups excluding carboxylic acids is 1. The quantitative estimate of drug-likeness (QED) is 0.905. The molecule has 1 aliphatic rings. The summed E-state index contributed by atoms with van der Waals surface area (Å²) < 4.78 is 23.9. The van der Waals surface area contributed by atoms with E-state index >= 15 is 0 Å². The number of hydrogen-bond acceptors (Lipinski definition) is 4. The number of anilines is 1. The first-order valence-corrected chi connectivity index (χ1v) is 6.35. The van der Waals surface area contributed by atoms with Gasteiger partial charge in [-0.25, -0.2) is 4.39 Å². The maximum absolute atomic E-state index is 13.4. The summed E-state index contributed by atoms with van der Waals surface area (Å²) in [6.07, 6.45) is 0. The highest BCUT2D eigenvalue weighted by Crippen LogP contribution is 2.32. The molecule has 3 rings (SSSR count). The zero-order chi connectivity index (χ0) is 14.8. The van der Waals surface area contributed by atoms with Crippen molar-refractivity contribution in [3.05, 3.63) is 53.3 Å². The van der Waals surface area contributed by atoms with E-state index < -0.39 is 11.7 Å². The first-order chi connectivity index (χ1) is 10.1. The number of ether oxygens (including phenoxy) is 2. The van der Waals surface area contributed by atoms with Crippen molar-refractivity contribution in [2.75, 3.05) is 12.1 Å². The van der Waals surface area contributed by atoms with Gasteiger partial charge < -0.3 is 20.5 Å². The number of rotatable bonds is 4. The van der Waals surface area contributed by atoms with Gasteiger partial charge in [0.05, 0.1) is 5.56 Å². The largest absolute Gasteiger partial charge is 0.454 e. The van der Waals surface area contributed by atoms with Gasteiger partial charge in [-0.05, 0) is 35.9 Å². The smallest absolute Gasteiger partial charge is 0.251 e. The number of nitrogens with two attached hydrogens (primary N) is 1. The van der Waals surface area contributed by atoms with E-state index in [1.807, 2.05) is 18.2 Å². The second-order valence-corrected chi connectivity index (χ2v) is 4.60. The van der Waals surface area contributed by atoms with E-state index in [1.54, 1.807) is 6.07 Å². The van der Waals surface area contributed by atoms with Gasteiger partial charge in [0, 0.05) is 12.2 Å². The van der Waals surface area contributed by atoms with Gasteiger partial charge in [-0.1, -0.05) is 6.07 Å². The first-order valence-electron chi connectivity index (χ1n) is 6.35. The Kier molecular flexibility index (Phi) is 3.35. The molecule has 0 saturated heterocycles. The van der Waals surface area contributed by atoms with Gasteiger partial charge in [-0.2, -0.15) is 0 Å². The molecule has 6 heteroatoms. The normalized spacial score (nSPS) is 12.2. The van der Waals surface area contributed by atoms with Crippen molar-refractivity contribution < 1.29 is 18.7 Å². The Morgan fingerprint density at radius 2 is 2.00 bits per heavy atom. The fourth-order valence-corrected chi connectivity index (χ4v) is 2.08. The third-order valence-electron chi connectivity index (χ3n) is 3.17. The van der Waals surface area contributed by atoms with Crippen LogP contribution in [0, 0.1) is 5.82 Å². The molecule has 0 aliphatic carbocycles. The van der Waals surface area contributed by atoms with Gasteiger partial charge in [-0.3, -0.25) is 4.79 Å². The molecular weight excluding hydrogens is 275 g/mol. The lowest BCUT2D eigenvalue weighted by molar-refractivity contribution is 0.0996. The van der Waals surface area contributed by atoms with Crippen molar-refractivity contribution in [1.82, 2.24) is 0 Å². The molecule has 0 spiro atoms. The minimum Gasteiger partial charge on any atom is -0.454 e. The number of amides is 1. The summed E-state index contributed by atoms with van der Waals surface area (Å²) in [5, 5.41) is 3.10. The average Bonchev–Trinajstić information content (AvgIpc) is 2.93. The minimum atomic E-state index is -0.792. The highest BCUT2D eigenvalue weighted by molar-refractivity contribution is 5.94. The molecule has 1 amide bonds. The van der Waals surface area contributed by atoms with Crippen LogP contribution in [-0.4, -0.2) is 12.7 Å². The molecular formula is C15H13FN2O3. The minimum absolute atomic E-state index is 0.134. The van der Waals surface area contributed by atoms with Gasteiger partial charge >= 0.3 is 0 Å². The van der Waals surface area contributed by atoms with Crippen LogP contribution in [0.4, 0.5) is 10.1 Å². The Labute approximate surface area is 120 Å². The third-order valence-corrected chi connectivity index (χ3v) is 3.17. The molecule has 0 unspecified atom stereocenters. The predicted molar refractivity (Wildman–Crippen MR) is 74.8 cm³/mol. The van der Waals surface area contributed by atoms with E-state index in [2.05, 4.69) is 5.32 Å². The second-order valence-electron chi connectivity index (χ2n) is 4.60. The maximum Gasteiger partial charge on any atom is 0.251 e. The second kappa shape index (κ2) is 5.32. The van der Waals surface area contributed by atoms with Gasteiger partial charge in [0.25, 0.3) is 5.91 Å². The van der Waals surface area contributed by atoms with Crippen LogP contribution in [0.5, 0.6) is 11.5 Å². The first kappa shape index (κ1) is 13.2. The lowest BCUT2D eigenvalue weighted by atomic mass is 10.1. The molecule has 1 heterocycles. The molecule has 21 heavy (non-hydrogen) atoms. The fraction of sp³-hybridized carbons (Fsp3) is 0.133. The average molecular weight is 288 g/mol. The maximum atomic E-state index is 13.4. The molecule has 0 bridgehead atoms. The third kappa shape index (κ3) is 2.74. The summed E-state index contributed by atoms with van der Waals surface area (Å²) in [5.74, 6) is -0.00172. The zero-order valence-corrected chi connectivity index (χ0v) is 11.1. The van der Waals surface area contributed by atoms with Crippen molar-refractivity contribution in [3.8, 4) is 11.5 Å². The molecule has 5 nitrogen and oxygen atoms in total. The molecule has 0 saturated carbocycles. The van der Waals surface area contributed by atoms with Gasteiger partial charge in [0.2, 0.25) is 6.79 Å². The summed E-state index contributed by atoms with van der Waals surface area (Å²) in [5.41, 5.74) is 6.57. The monoisotopic (exact) mass is 288 g/mol. The SMILES string of the molecule is NC(=O)c1cc(NCc2ccc3c(c2)OCO3)ccc1F. The van der Waals surface area contributed by atoms with E-state index in [-0.39, 0.29) is 12.4 Å². The number of hydrogen-bond donors (Lipinski definition) is 2. The molecule has 0 atom stereocenters. The van der Waals surface area contributed by atoms with E-state index in [9.17, 15) is 9.18 Å². The van der Waals surface area contributed by atoms with Gasteiger partial charge in [-0.15, -0.1) is 0 Å². The van der Waals surface area contributed by atoms with E-state index in [1.165, 1.54) is 12.1 Å². The Balaban J connectivity index is 1.73. The number of primary amides is 1. The van der Waals surface area contributed by atoms with Gasteiger partial charge in [0.15, 0.2) is 11.5 Å². The topological polar surface area (TPSA) is 73.6 Å². The molecule has 0 radical (unpaired) electrons. The molecule has 1 aliphatic heterocycles. The Bertz CT molecular complexity index is 703. The highest BCUT2D eigenvalue weighted by atomic mass is 19.1. The van der Waals surface area contributed by atoms with Crippen molar-refractivity contribution in [3.63, 3.8) is 0 Å². The number of halogens is 1. The molecule has 2 aromatic carbocycles. The van der Waals surface area contributed by atoms with Crippen LogP contribution in [0.2, 0.25) is 0 Å². The number of nitrogens with one attached hydrogen (secondary N) is 1.